The fourth-order valence-electron chi connectivity index (χ4n) is 10.5. The summed E-state index contributed by atoms with van der Waals surface area (Å²) in [5, 5.41) is 98.3. The van der Waals surface area contributed by atoms with Crippen LogP contribution in [0.4, 0.5) is 0 Å². The zero-order chi connectivity index (χ0) is 67.1. The van der Waals surface area contributed by atoms with Gasteiger partial charge in [0.15, 0.2) is 0 Å². The number of unbranched alkanes of at least 4 members (excludes halogenated alkanes) is 1. The average molecular weight is 1240 g/mol. The molecule has 6 rings (SSSR count). The van der Waals surface area contributed by atoms with Gasteiger partial charge in [-0.05, 0) is 219 Å². The molecule has 476 valence electrons. The van der Waals surface area contributed by atoms with Crippen molar-refractivity contribution in [3.05, 3.63) is 185 Å². The molecule has 0 aliphatic rings. The summed E-state index contributed by atoms with van der Waals surface area (Å²) in [6.45, 7) is 14.4. The number of ketones is 1. The van der Waals surface area contributed by atoms with Crippen LogP contribution in [0.2, 0.25) is 0 Å². The molecule has 27 heteroatoms. The summed E-state index contributed by atoms with van der Waals surface area (Å²) in [6.07, 6.45) is 0.667. The minimum absolute atomic E-state index is 0.0151. The molecule has 1 unspecified atom stereocenters. The van der Waals surface area contributed by atoms with Crippen molar-refractivity contribution in [1.29, 1.82) is 0 Å². The Morgan fingerprint density at radius 2 is 0.670 bits per heavy atom. The van der Waals surface area contributed by atoms with Crippen molar-refractivity contribution in [1.82, 2.24) is 37.2 Å². The molecule has 0 aliphatic heterocycles. The van der Waals surface area contributed by atoms with E-state index in [1.54, 1.807) is 79.7 Å². The predicted molar refractivity (Wildman–Crippen MR) is 346 cm³/mol. The van der Waals surface area contributed by atoms with Gasteiger partial charge in [-0.25, -0.2) is 0 Å². The lowest BCUT2D eigenvalue weighted by atomic mass is 9.75. The number of hydrogen-bond acceptors (Lipinski definition) is 16. The molecule has 6 aromatic rings. The Bertz CT molecular complexity index is 3570. The number of benzene rings is 6. The predicted octanol–water partition coefficient (Wildman–Crippen LogP) is -0.613. The molecule has 0 saturated carbocycles. The van der Waals surface area contributed by atoms with Crippen LogP contribution in [-0.2, 0) is 35.8 Å². The van der Waals surface area contributed by atoms with E-state index in [2.05, 4.69) is 37.2 Å². The smallest absolute Gasteiger partial charge is 0.423 e. The highest BCUT2D eigenvalue weighted by Crippen LogP contribution is 2.20. The van der Waals surface area contributed by atoms with Crippen LogP contribution in [-0.4, -0.2) is 135 Å². The lowest BCUT2D eigenvalue weighted by molar-refractivity contribution is -0.123. The fourth-order valence-corrected chi connectivity index (χ4v) is 10.5. The molecule has 0 spiro atoms. The van der Waals surface area contributed by atoms with Gasteiger partial charge in [-0.3, -0.25) is 38.4 Å². The van der Waals surface area contributed by atoms with E-state index in [9.17, 15) is 78.5 Å². The Labute approximate surface area is 529 Å². The van der Waals surface area contributed by atoms with Crippen molar-refractivity contribution in [3.63, 3.8) is 0 Å². The second-order valence-electron chi connectivity index (χ2n) is 22.6. The largest absolute Gasteiger partial charge is 0.488 e. The monoisotopic (exact) mass is 1240 g/mol. The SMILES string of the molecule is CC(=O)CCNC(=O)C(CCCCNC(=O)c1cc(CNC(=O)c2ccc(B(O)O)c(C)c2C)cc(CNC(=O)c2ccc(B(O)O)c(C)c2C)c1)NC(=O)c1cc(CNC(=O)c2ccc(B(O)O)c(C)c2C)cc(CNC(=O)c2ccc(B(O)O)c(C)c2C)c1. The van der Waals surface area contributed by atoms with E-state index in [1.165, 1.54) is 67.6 Å². The van der Waals surface area contributed by atoms with Crippen molar-refractivity contribution in [2.45, 2.75) is 120 Å². The highest BCUT2D eigenvalue weighted by atomic mass is 16.4. The van der Waals surface area contributed by atoms with E-state index in [0.29, 0.717) is 84.3 Å². The van der Waals surface area contributed by atoms with E-state index >= 15 is 0 Å². The van der Waals surface area contributed by atoms with Gasteiger partial charge >= 0.3 is 28.5 Å². The van der Waals surface area contributed by atoms with Gasteiger partial charge in [0.2, 0.25) is 5.91 Å². The molecule has 0 aliphatic carbocycles. The summed E-state index contributed by atoms with van der Waals surface area (Å²) in [5.74, 6) is -3.93. The first-order chi connectivity index (χ1) is 43.0. The van der Waals surface area contributed by atoms with Gasteiger partial charge in [-0.2, -0.15) is 0 Å². The number of rotatable bonds is 28. The second kappa shape index (κ2) is 32.3. The van der Waals surface area contributed by atoms with Gasteiger partial charge in [-0.1, -0.05) is 36.4 Å². The number of hydrogen-bond donors (Lipinski definition) is 15. The number of carbonyl (C=O) groups excluding carboxylic acids is 8. The number of Topliss-reactive ketones (excluding diaryl/α,β-unsaturated/α-hetero) is 1. The standard InChI is InChI=1S/C64H77B4N7O16/c1-34(76)21-23-70-64(83)57(75-59(78)48-28-45(32-73-62(81)51-15-19-55(67(88)89)41(8)37(51)4)25-46(29-48)33-74-63(82)52-16-20-56(68(90)91)42(9)38(52)5)12-10-11-22-69-58(77)47-26-43(30-71-60(79)49-13-17-53(65(84)85)39(6)35(49)2)24-44(27-47)31-72-61(80)50-14-18-54(66(86)87)40(7)36(50)3/h13-20,24-29,57,84-91H,10-12,21-23,30-33H2,1-9H3,(H,69,77)(H,70,83)(H,71,79)(H,72,80)(H,73,81)(H,74,82)(H,75,78). The Kier molecular flexibility index (Phi) is 25.3. The van der Waals surface area contributed by atoms with Crippen molar-refractivity contribution in [3.8, 4) is 0 Å². The maximum absolute atomic E-state index is 14.4. The first-order valence-corrected chi connectivity index (χ1v) is 29.6. The maximum Gasteiger partial charge on any atom is 0.488 e. The number of nitrogens with one attached hydrogen (secondary N) is 7. The lowest BCUT2D eigenvalue weighted by Crippen LogP contribution is -2.47. The summed E-state index contributed by atoms with van der Waals surface area (Å²) in [4.78, 5) is 108. The fraction of sp³-hybridized carbons (Fsp3) is 0.312. The minimum Gasteiger partial charge on any atom is -0.423 e. The average Bonchev–Trinajstić information content (AvgIpc) is 1.15. The molecule has 91 heavy (non-hydrogen) atoms. The van der Waals surface area contributed by atoms with Crippen molar-refractivity contribution >= 4 is 97.5 Å². The van der Waals surface area contributed by atoms with Gasteiger partial charge < -0.3 is 77.4 Å². The third-order valence-electron chi connectivity index (χ3n) is 16.5. The van der Waals surface area contributed by atoms with Gasteiger partial charge in [-0.15, -0.1) is 0 Å². The third-order valence-corrected chi connectivity index (χ3v) is 16.5. The number of amides is 7. The van der Waals surface area contributed by atoms with E-state index in [4.69, 9.17) is 0 Å². The lowest BCUT2D eigenvalue weighted by Gasteiger charge is -2.20. The Morgan fingerprint density at radius 3 is 0.967 bits per heavy atom. The van der Waals surface area contributed by atoms with Crippen molar-refractivity contribution in [2.75, 3.05) is 13.1 Å². The van der Waals surface area contributed by atoms with Gasteiger partial charge in [0.1, 0.15) is 11.8 Å². The van der Waals surface area contributed by atoms with Crippen LogP contribution in [0.3, 0.4) is 0 Å². The molecule has 23 nitrogen and oxygen atoms in total. The molecule has 0 fully saturated rings. The van der Waals surface area contributed by atoms with E-state index in [1.807, 2.05) is 0 Å². The summed E-state index contributed by atoms with van der Waals surface area (Å²) in [7, 11) is -6.98. The summed E-state index contributed by atoms with van der Waals surface area (Å²) in [6, 6.07) is 20.1. The summed E-state index contributed by atoms with van der Waals surface area (Å²) >= 11 is 0. The Balaban J connectivity index is 1.20. The zero-order valence-corrected chi connectivity index (χ0v) is 52.4. The van der Waals surface area contributed by atoms with E-state index < -0.39 is 75.9 Å². The summed E-state index contributed by atoms with van der Waals surface area (Å²) < 4.78 is 0. The van der Waals surface area contributed by atoms with Gasteiger partial charge in [0.25, 0.3) is 35.4 Å². The highest BCUT2D eigenvalue weighted by Gasteiger charge is 2.26. The maximum atomic E-state index is 14.4. The van der Waals surface area contributed by atoms with Crippen LogP contribution in [0.15, 0.2) is 84.9 Å². The quantitative estimate of drug-likeness (QED) is 0.0215. The zero-order valence-electron chi connectivity index (χ0n) is 52.4. The molecule has 0 bridgehead atoms. The van der Waals surface area contributed by atoms with Crippen LogP contribution in [0.1, 0.15) is 162 Å². The van der Waals surface area contributed by atoms with Crippen LogP contribution in [0.25, 0.3) is 0 Å². The minimum atomic E-state index is -1.75. The molecule has 0 aromatic heterocycles. The highest BCUT2D eigenvalue weighted by molar-refractivity contribution is 6.60. The van der Waals surface area contributed by atoms with Crippen LogP contribution in [0.5, 0.6) is 0 Å². The number of carbonyl (C=O) groups is 8. The molecule has 15 N–H and O–H groups in total. The first-order valence-electron chi connectivity index (χ1n) is 29.6. The molecule has 1 atom stereocenters. The van der Waals surface area contributed by atoms with Gasteiger partial charge in [0, 0.05) is 79.1 Å². The molecule has 7 amide bonds. The molecule has 6 aromatic carbocycles. The first kappa shape index (κ1) is 71.3. The molecular formula is C64H77B4N7O16. The normalized spacial score (nSPS) is 11.2. The topological polar surface area (TPSA) is 383 Å². The van der Waals surface area contributed by atoms with E-state index in [0.717, 1.165) is 0 Å². The molecule has 0 radical (unpaired) electrons. The van der Waals surface area contributed by atoms with E-state index in [-0.39, 0.29) is 108 Å². The second-order valence-corrected chi connectivity index (χ2v) is 22.6. The van der Waals surface area contributed by atoms with Crippen LogP contribution >= 0.6 is 0 Å². The van der Waals surface area contributed by atoms with Crippen molar-refractivity contribution in [2.24, 2.45) is 0 Å². The summed E-state index contributed by atoms with van der Waals surface area (Å²) in [5.41, 5.74) is 8.28. The molecule has 0 saturated heterocycles. The Morgan fingerprint density at radius 1 is 0.363 bits per heavy atom. The third kappa shape index (κ3) is 18.7. The van der Waals surface area contributed by atoms with Crippen LogP contribution in [0, 0.1) is 55.4 Å². The van der Waals surface area contributed by atoms with Crippen LogP contribution < -0.4 is 59.1 Å². The molecular weight excluding hydrogens is 1170 g/mol. The van der Waals surface area contributed by atoms with Gasteiger partial charge in [0.05, 0.1) is 0 Å². The Hall–Kier alpha value is -8.78. The molecule has 0 heterocycles. The van der Waals surface area contributed by atoms with Crippen molar-refractivity contribution < 1.29 is 78.5 Å².